The van der Waals surface area contributed by atoms with E-state index >= 15 is 0 Å². The lowest BCUT2D eigenvalue weighted by atomic mass is 9.69. The van der Waals surface area contributed by atoms with Gasteiger partial charge in [-0.3, -0.25) is 0 Å². The molecule has 5 heteroatoms. The summed E-state index contributed by atoms with van der Waals surface area (Å²) < 4.78 is 14.2. The topological polar surface area (TPSA) is 52.1 Å². The molecule has 0 bridgehead atoms. The summed E-state index contributed by atoms with van der Waals surface area (Å²) in [7, 11) is 2.10. The third-order valence-electron chi connectivity index (χ3n) is 6.17. The Balaban J connectivity index is 1.80. The SMILES string of the molecule is Cc1cc(-c2ccnc3[nH]cc(F)c23)ccc1C1(O)[C@H](C)CN(C)C[C@@H]1C. The molecular weight excluding hydrogens is 341 g/mol. The van der Waals surface area contributed by atoms with Gasteiger partial charge in [0, 0.05) is 37.3 Å². The molecule has 1 fully saturated rings. The number of nitrogens with zero attached hydrogens (tertiary/aromatic N) is 2. The van der Waals surface area contributed by atoms with E-state index in [1.54, 1.807) is 6.20 Å². The highest BCUT2D eigenvalue weighted by Crippen LogP contribution is 2.43. The maximum absolute atomic E-state index is 14.2. The van der Waals surface area contributed by atoms with Crippen LogP contribution in [0.5, 0.6) is 0 Å². The summed E-state index contributed by atoms with van der Waals surface area (Å²) in [4.78, 5) is 9.34. The van der Waals surface area contributed by atoms with Crippen LogP contribution < -0.4 is 0 Å². The molecule has 27 heavy (non-hydrogen) atoms. The summed E-state index contributed by atoms with van der Waals surface area (Å²) in [6, 6.07) is 7.88. The minimum atomic E-state index is -0.859. The Morgan fingerprint density at radius 3 is 2.59 bits per heavy atom. The van der Waals surface area contributed by atoms with Gasteiger partial charge in [-0.1, -0.05) is 32.0 Å². The summed E-state index contributed by atoms with van der Waals surface area (Å²) >= 11 is 0. The predicted octanol–water partition coefficient (Wildman–Crippen LogP) is 4.08. The normalized spacial score (nSPS) is 26.6. The lowest BCUT2D eigenvalue weighted by molar-refractivity contribution is -0.108. The van der Waals surface area contributed by atoms with Crippen LogP contribution in [0.2, 0.25) is 0 Å². The van der Waals surface area contributed by atoms with Gasteiger partial charge in [-0.2, -0.15) is 0 Å². The number of hydrogen-bond donors (Lipinski definition) is 2. The number of aryl methyl sites for hydroxylation is 1. The molecule has 142 valence electrons. The molecule has 1 aliphatic rings. The molecule has 3 heterocycles. The van der Waals surface area contributed by atoms with Crippen LogP contribution in [0.1, 0.15) is 25.0 Å². The van der Waals surface area contributed by atoms with Crippen molar-refractivity contribution in [3.8, 4) is 11.1 Å². The number of pyridine rings is 1. The number of likely N-dealkylation sites (tertiary alicyclic amines) is 1. The Kier molecular flexibility index (Phi) is 4.32. The molecule has 2 N–H and O–H groups in total. The Morgan fingerprint density at radius 1 is 1.22 bits per heavy atom. The van der Waals surface area contributed by atoms with Gasteiger partial charge in [0.15, 0.2) is 5.82 Å². The molecule has 2 aromatic heterocycles. The van der Waals surface area contributed by atoms with Crippen molar-refractivity contribution in [1.82, 2.24) is 14.9 Å². The van der Waals surface area contributed by atoms with E-state index in [0.717, 1.165) is 35.3 Å². The lowest BCUT2D eigenvalue weighted by Crippen LogP contribution is -2.53. The standard InChI is InChI=1S/C22H26FN3O/c1-13-9-16(17-7-8-24-21-20(17)19(23)10-25-21)5-6-18(13)22(27)14(2)11-26(4)12-15(22)3/h5-10,14-15,27H,11-12H2,1-4H3,(H,24,25)/t14-,15+,22?. The first-order valence-corrected chi connectivity index (χ1v) is 9.46. The molecule has 3 aromatic rings. The van der Waals surface area contributed by atoms with Gasteiger partial charge in [-0.25, -0.2) is 9.37 Å². The quantitative estimate of drug-likeness (QED) is 0.717. The number of nitrogens with one attached hydrogen (secondary N) is 1. The van der Waals surface area contributed by atoms with Crippen molar-refractivity contribution in [1.29, 1.82) is 0 Å². The number of rotatable bonds is 2. The fourth-order valence-electron chi connectivity index (χ4n) is 4.84. The van der Waals surface area contributed by atoms with Crippen LogP contribution >= 0.6 is 0 Å². The smallest absolute Gasteiger partial charge is 0.150 e. The van der Waals surface area contributed by atoms with Crippen molar-refractivity contribution >= 4 is 11.0 Å². The Labute approximate surface area is 159 Å². The van der Waals surface area contributed by atoms with Crippen molar-refractivity contribution in [3.63, 3.8) is 0 Å². The van der Waals surface area contributed by atoms with Crippen molar-refractivity contribution in [3.05, 3.63) is 53.6 Å². The van der Waals surface area contributed by atoms with E-state index in [0.29, 0.717) is 11.0 Å². The van der Waals surface area contributed by atoms with Gasteiger partial charge in [0.25, 0.3) is 0 Å². The summed E-state index contributed by atoms with van der Waals surface area (Å²) in [5.41, 5.74) is 3.42. The fourth-order valence-corrected chi connectivity index (χ4v) is 4.84. The zero-order valence-electron chi connectivity index (χ0n) is 16.3. The van der Waals surface area contributed by atoms with Crippen LogP contribution in [-0.4, -0.2) is 40.1 Å². The zero-order valence-corrected chi connectivity index (χ0v) is 16.3. The van der Waals surface area contributed by atoms with Gasteiger partial charge in [-0.05, 0) is 42.3 Å². The number of aliphatic hydroxyl groups is 1. The van der Waals surface area contributed by atoms with Gasteiger partial charge >= 0.3 is 0 Å². The fraction of sp³-hybridized carbons (Fsp3) is 0.409. The van der Waals surface area contributed by atoms with Crippen LogP contribution in [0.15, 0.2) is 36.7 Å². The lowest BCUT2D eigenvalue weighted by Gasteiger charge is -2.47. The van der Waals surface area contributed by atoms with E-state index in [4.69, 9.17) is 0 Å². The highest BCUT2D eigenvalue weighted by Gasteiger charge is 2.45. The maximum atomic E-state index is 14.2. The second-order valence-corrected chi connectivity index (χ2v) is 8.10. The summed E-state index contributed by atoms with van der Waals surface area (Å²) in [6.07, 6.45) is 3.03. The molecule has 0 radical (unpaired) electrons. The Morgan fingerprint density at radius 2 is 1.93 bits per heavy atom. The first-order chi connectivity index (χ1) is 12.8. The number of aromatic amines is 1. The number of aromatic nitrogens is 2. The second kappa shape index (κ2) is 6.43. The van der Waals surface area contributed by atoms with E-state index in [2.05, 4.69) is 35.8 Å². The molecule has 4 rings (SSSR count). The number of halogens is 1. The molecule has 4 nitrogen and oxygen atoms in total. The average molecular weight is 367 g/mol. The summed E-state index contributed by atoms with van der Waals surface area (Å²) in [5, 5.41) is 12.1. The third kappa shape index (κ3) is 2.77. The highest BCUT2D eigenvalue weighted by atomic mass is 19.1. The molecule has 1 aliphatic heterocycles. The van der Waals surface area contributed by atoms with Crippen LogP contribution in [-0.2, 0) is 5.60 Å². The van der Waals surface area contributed by atoms with Crippen molar-refractivity contribution < 1.29 is 9.50 Å². The molecule has 0 saturated carbocycles. The highest BCUT2D eigenvalue weighted by molar-refractivity contribution is 5.93. The first kappa shape index (κ1) is 18.1. The Hall–Kier alpha value is -2.24. The zero-order chi connectivity index (χ0) is 19.3. The average Bonchev–Trinajstić information content (AvgIpc) is 3.01. The second-order valence-electron chi connectivity index (χ2n) is 8.10. The van der Waals surface area contributed by atoms with Crippen LogP contribution in [0.25, 0.3) is 22.2 Å². The van der Waals surface area contributed by atoms with Crippen molar-refractivity contribution in [2.24, 2.45) is 11.8 Å². The first-order valence-electron chi connectivity index (χ1n) is 9.46. The minimum Gasteiger partial charge on any atom is -0.384 e. The summed E-state index contributed by atoms with van der Waals surface area (Å²) in [5.74, 6) is -0.0397. The van der Waals surface area contributed by atoms with E-state index in [1.165, 1.54) is 6.20 Å². The third-order valence-corrected chi connectivity index (χ3v) is 6.17. The van der Waals surface area contributed by atoms with Gasteiger partial charge in [0.2, 0.25) is 0 Å². The van der Waals surface area contributed by atoms with E-state index in [-0.39, 0.29) is 17.7 Å². The number of fused-ring (bicyclic) bond motifs is 1. The van der Waals surface area contributed by atoms with E-state index < -0.39 is 5.60 Å². The molecule has 1 unspecified atom stereocenters. The monoisotopic (exact) mass is 367 g/mol. The predicted molar refractivity (Wildman–Crippen MR) is 106 cm³/mol. The van der Waals surface area contributed by atoms with E-state index in [1.807, 2.05) is 31.2 Å². The molecule has 3 atom stereocenters. The minimum absolute atomic E-state index is 0.130. The molecule has 0 spiro atoms. The van der Waals surface area contributed by atoms with Crippen LogP contribution in [0, 0.1) is 24.6 Å². The Bertz CT molecular complexity index is 984. The number of H-pyrrole nitrogens is 1. The van der Waals surface area contributed by atoms with Gasteiger partial charge in [0.1, 0.15) is 5.65 Å². The molecule has 0 aliphatic carbocycles. The van der Waals surface area contributed by atoms with Gasteiger partial charge in [0.05, 0.1) is 11.0 Å². The summed E-state index contributed by atoms with van der Waals surface area (Å²) in [6.45, 7) is 7.98. The van der Waals surface area contributed by atoms with Gasteiger partial charge < -0.3 is 15.0 Å². The maximum Gasteiger partial charge on any atom is 0.150 e. The van der Waals surface area contributed by atoms with Crippen molar-refractivity contribution in [2.45, 2.75) is 26.4 Å². The number of hydrogen-bond acceptors (Lipinski definition) is 3. The number of benzene rings is 1. The van der Waals surface area contributed by atoms with Gasteiger partial charge in [-0.15, -0.1) is 0 Å². The van der Waals surface area contributed by atoms with E-state index in [9.17, 15) is 9.50 Å². The molecule has 1 aromatic carbocycles. The molecular formula is C22H26FN3O. The van der Waals surface area contributed by atoms with Crippen molar-refractivity contribution in [2.75, 3.05) is 20.1 Å². The molecule has 1 saturated heterocycles. The van der Waals surface area contributed by atoms with Crippen LogP contribution in [0.3, 0.4) is 0 Å². The molecule has 0 amide bonds. The number of piperidine rings is 1. The van der Waals surface area contributed by atoms with Crippen LogP contribution in [0.4, 0.5) is 4.39 Å². The largest absolute Gasteiger partial charge is 0.384 e.